The molecule has 1 saturated carbocycles. The van der Waals surface area contributed by atoms with E-state index in [4.69, 9.17) is 17.3 Å². The van der Waals surface area contributed by atoms with Crippen LogP contribution in [0, 0.1) is 0 Å². The number of alkyl halides is 1. The number of hydrogen-bond donors (Lipinski definition) is 3. The maximum absolute atomic E-state index is 13.8. The van der Waals surface area contributed by atoms with Crippen LogP contribution in [0.5, 0.6) is 0 Å². The number of aromatic nitrogens is 2. The molecule has 1 aliphatic carbocycles. The average molecular weight is 321 g/mol. The van der Waals surface area contributed by atoms with Crippen LogP contribution in [0.4, 0.5) is 15.9 Å². The molecule has 0 aliphatic heterocycles. The number of nitrogens with two attached hydrogens (primary N) is 1. The Bertz CT molecular complexity index is 479. The van der Waals surface area contributed by atoms with Crippen molar-refractivity contribution in [1.82, 2.24) is 9.97 Å². The van der Waals surface area contributed by atoms with Gasteiger partial charge in [-0.15, -0.1) is 0 Å². The number of aliphatic hydroxyl groups excluding tert-OH is 1. The van der Waals surface area contributed by atoms with E-state index in [-0.39, 0.29) is 10.8 Å². The summed E-state index contributed by atoms with van der Waals surface area (Å²) in [6, 6.07) is -0.498. The predicted molar refractivity (Wildman–Crippen MR) is 80.0 cm³/mol. The Kier molecular flexibility index (Phi) is 5.29. The molecular weight excluding hydrogens is 303 g/mol. The monoisotopic (exact) mass is 320 g/mol. The molecule has 1 aliphatic rings. The molecule has 1 aromatic rings. The van der Waals surface area contributed by atoms with Crippen molar-refractivity contribution >= 4 is 34.9 Å². The third-order valence-electron chi connectivity index (χ3n) is 3.16. The summed E-state index contributed by atoms with van der Waals surface area (Å²) in [6.07, 6.45) is -0.314. The van der Waals surface area contributed by atoms with Gasteiger partial charge in [-0.2, -0.15) is 0 Å². The third kappa shape index (κ3) is 3.45. The number of rotatable bonds is 5. The molecule has 8 heteroatoms. The molecule has 1 heterocycles. The van der Waals surface area contributed by atoms with Crippen LogP contribution in [-0.4, -0.2) is 39.1 Å². The zero-order chi connectivity index (χ0) is 14.7. The summed E-state index contributed by atoms with van der Waals surface area (Å²) in [6.45, 7) is 2.05. The van der Waals surface area contributed by atoms with Gasteiger partial charge in [0.2, 0.25) is 0 Å². The highest BCUT2D eigenvalue weighted by Gasteiger charge is 2.35. The molecule has 0 aromatic carbocycles. The Morgan fingerprint density at radius 2 is 2.25 bits per heavy atom. The smallest absolute Gasteiger partial charge is 0.191 e. The molecule has 0 saturated heterocycles. The number of nitrogens with one attached hydrogen (secondary N) is 1. The van der Waals surface area contributed by atoms with Crippen molar-refractivity contribution in [2.24, 2.45) is 0 Å². The predicted octanol–water partition coefficient (Wildman–Crippen LogP) is 2.49. The average Bonchev–Trinajstić information content (AvgIpc) is 2.73. The van der Waals surface area contributed by atoms with E-state index in [0.717, 1.165) is 12.2 Å². The standard InChI is InChI=1S/C12H18ClFN4OS/c1-2-5-20-12-17-10(13)9(15)11(18-12)16-6-3-4-7(19)8(6)14/h6-8,19H,2-5,15H2,1H3,(H,16,17,18)/t6?,7?,8-/m1/s1. The lowest BCUT2D eigenvalue weighted by Crippen LogP contribution is -2.31. The number of anilines is 2. The van der Waals surface area contributed by atoms with Crippen LogP contribution in [0.3, 0.4) is 0 Å². The second kappa shape index (κ2) is 6.78. The zero-order valence-electron chi connectivity index (χ0n) is 11.1. The fraction of sp³-hybridized carbons (Fsp3) is 0.667. The molecule has 2 unspecified atom stereocenters. The summed E-state index contributed by atoms with van der Waals surface area (Å²) in [7, 11) is 0. The van der Waals surface area contributed by atoms with E-state index < -0.39 is 18.3 Å². The lowest BCUT2D eigenvalue weighted by molar-refractivity contribution is 0.0994. The third-order valence-corrected chi connectivity index (χ3v) is 4.50. The molecule has 3 atom stereocenters. The molecule has 1 aromatic heterocycles. The number of nitrogen functional groups attached to an aromatic ring is 1. The van der Waals surface area contributed by atoms with Gasteiger partial charge in [-0.05, 0) is 19.3 Å². The van der Waals surface area contributed by atoms with Crippen LogP contribution in [0.1, 0.15) is 26.2 Å². The maximum atomic E-state index is 13.8. The summed E-state index contributed by atoms with van der Waals surface area (Å²) in [5.74, 6) is 1.21. The van der Waals surface area contributed by atoms with E-state index in [1.54, 1.807) is 0 Å². The molecular formula is C12H18ClFN4OS. The van der Waals surface area contributed by atoms with Gasteiger partial charge in [-0.1, -0.05) is 30.3 Å². The number of halogens is 2. The fourth-order valence-electron chi connectivity index (χ4n) is 2.05. The molecule has 0 amide bonds. The molecule has 0 radical (unpaired) electrons. The van der Waals surface area contributed by atoms with Gasteiger partial charge in [0.1, 0.15) is 11.9 Å². The summed E-state index contributed by atoms with van der Waals surface area (Å²) in [5.41, 5.74) is 6.03. The first-order chi connectivity index (χ1) is 9.52. The Labute approximate surface area is 126 Å². The molecule has 0 spiro atoms. The molecule has 0 bridgehead atoms. The molecule has 112 valence electrons. The zero-order valence-corrected chi connectivity index (χ0v) is 12.7. The lowest BCUT2D eigenvalue weighted by Gasteiger charge is -2.18. The van der Waals surface area contributed by atoms with E-state index in [1.807, 2.05) is 0 Å². The highest BCUT2D eigenvalue weighted by atomic mass is 35.5. The van der Waals surface area contributed by atoms with Gasteiger partial charge in [0.25, 0.3) is 0 Å². The van der Waals surface area contributed by atoms with Crippen molar-refractivity contribution in [3.63, 3.8) is 0 Å². The summed E-state index contributed by atoms with van der Waals surface area (Å²) >= 11 is 7.45. The fourth-order valence-corrected chi connectivity index (χ4v) is 2.97. The van der Waals surface area contributed by atoms with Crippen LogP contribution in [0.15, 0.2) is 5.16 Å². The SMILES string of the molecule is CCCSc1nc(Cl)c(N)c(NC2CCC(O)[C@@H]2F)n1. The van der Waals surface area contributed by atoms with Crippen LogP contribution in [-0.2, 0) is 0 Å². The largest absolute Gasteiger partial charge is 0.393 e. The van der Waals surface area contributed by atoms with Gasteiger partial charge in [0.05, 0.1) is 12.1 Å². The van der Waals surface area contributed by atoms with Gasteiger partial charge < -0.3 is 16.2 Å². The van der Waals surface area contributed by atoms with Crippen LogP contribution in [0.2, 0.25) is 5.15 Å². The topological polar surface area (TPSA) is 84.1 Å². The highest BCUT2D eigenvalue weighted by Crippen LogP contribution is 2.31. The van der Waals surface area contributed by atoms with Gasteiger partial charge in [-0.3, -0.25) is 0 Å². The molecule has 5 nitrogen and oxygen atoms in total. The van der Waals surface area contributed by atoms with Gasteiger partial charge in [-0.25, -0.2) is 14.4 Å². The van der Waals surface area contributed by atoms with Crippen molar-refractivity contribution in [2.75, 3.05) is 16.8 Å². The Morgan fingerprint density at radius 1 is 1.50 bits per heavy atom. The van der Waals surface area contributed by atoms with Crippen molar-refractivity contribution in [2.45, 2.75) is 49.7 Å². The first kappa shape index (κ1) is 15.6. The van der Waals surface area contributed by atoms with Crippen molar-refractivity contribution in [3.8, 4) is 0 Å². The van der Waals surface area contributed by atoms with E-state index in [2.05, 4.69) is 22.2 Å². The second-order valence-corrected chi connectivity index (χ2v) is 6.17. The van der Waals surface area contributed by atoms with Crippen molar-refractivity contribution < 1.29 is 9.50 Å². The Balaban J connectivity index is 2.15. The van der Waals surface area contributed by atoms with Crippen molar-refractivity contribution in [1.29, 1.82) is 0 Å². The first-order valence-corrected chi connectivity index (χ1v) is 7.93. The van der Waals surface area contributed by atoms with Crippen LogP contribution < -0.4 is 11.1 Å². The molecule has 4 N–H and O–H groups in total. The normalized spacial score (nSPS) is 25.9. The number of hydrogen-bond acceptors (Lipinski definition) is 6. The minimum absolute atomic E-state index is 0.162. The van der Waals surface area contributed by atoms with E-state index in [0.29, 0.717) is 23.8 Å². The lowest BCUT2D eigenvalue weighted by atomic mass is 10.2. The van der Waals surface area contributed by atoms with E-state index in [1.165, 1.54) is 11.8 Å². The van der Waals surface area contributed by atoms with E-state index >= 15 is 0 Å². The van der Waals surface area contributed by atoms with Gasteiger partial charge >= 0.3 is 0 Å². The summed E-state index contributed by atoms with van der Waals surface area (Å²) < 4.78 is 13.8. The van der Waals surface area contributed by atoms with Crippen LogP contribution in [0.25, 0.3) is 0 Å². The summed E-state index contributed by atoms with van der Waals surface area (Å²) in [5, 5.41) is 13.0. The molecule has 2 rings (SSSR count). The van der Waals surface area contributed by atoms with E-state index in [9.17, 15) is 9.50 Å². The number of nitrogens with zero attached hydrogens (tertiary/aromatic N) is 2. The maximum Gasteiger partial charge on any atom is 0.191 e. The second-order valence-electron chi connectivity index (χ2n) is 4.75. The minimum atomic E-state index is -1.32. The van der Waals surface area contributed by atoms with Crippen molar-refractivity contribution in [3.05, 3.63) is 5.15 Å². The number of thioether (sulfide) groups is 1. The highest BCUT2D eigenvalue weighted by molar-refractivity contribution is 7.99. The molecule has 1 fully saturated rings. The van der Waals surface area contributed by atoms with Crippen LogP contribution >= 0.6 is 23.4 Å². The Morgan fingerprint density at radius 3 is 2.85 bits per heavy atom. The quantitative estimate of drug-likeness (QED) is 0.439. The molecule has 20 heavy (non-hydrogen) atoms. The summed E-state index contributed by atoms with van der Waals surface area (Å²) in [4.78, 5) is 8.37. The Hall–Kier alpha value is -0.790. The van der Waals surface area contributed by atoms with Gasteiger partial charge in [0.15, 0.2) is 16.1 Å². The number of aliphatic hydroxyl groups is 1. The minimum Gasteiger partial charge on any atom is -0.393 e. The first-order valence-electron chi connectivity index (χ1n) is 6.57. The van der Waals surface area contributed by atoms with Gasteiger partial charge in [0, 0.05) is 5.75 Å².